The van der Waals surface area contributed by atoms with Crippen LogP contribution >= 0.6 is 0 Å². The Morgan fingerprint density at radius 3 is 2.71 bits per heavy atom. The van der Waals surface area contributed by atoms with E-state index in [0.717, 1.165) is 18.2 Å². The summed E-state index contributed by atoms with van der Waals surface area (Å²) in [6.45, 7) is 0. The Labute approximate surface area is 118 Å². The zero-order valence-electron chi connectivity index (χ0n) is 10.9. The lowest BCUT2D eigenvalue weighted by molar-refractivity contribution is -0.387. The van der Waals surface area contributed by atoms with Crippen molar-refractivity contribution in [1.82, 2.24) is 4.98 Å². The Morgan fingerprint density at radius 2 is 2.14 bits per heavy atom. The third kappa shape index (κ3) is 3.30. The maximum atomic E-state index is 13.2. The number of pyridine rings is 1. The highest BCUT2D eigenvalue weighted by molar-refractivity contribution is 6.04. The van der Waals surface area contributed by atoms with Crippen molar-refractivity contribution >= 4 is 17.3 Å². The molecule has 0 saturated carbocycles. The van der Waals surface area contributed by atoms with Crippen LogP contribution in [0.5, 0.6) is 5.88 Å². The summed E-state index contributed by atoms with van der Waals surface area (Å²) in [5, 5.41) is 13.1. The van der Waals surface area contributed by atoms with Crippen molar-refractivity contribution < 1.29 is 18.8 Å². The van der Waals surface area contributed by atoms with Gasteiger partial charge in [0.2, 0.25) is 11.7 Å². The number of anilines is 1. The fourth-order valence-corrected chi connectivity index (χ4v) is 1.57. The van der Waals surface area contributed by atoms with E-state index in [1.54, 1.807) is 12.1 Å². The first kappa shape index (κ1) is 14.4. The van der Waals surface area contributed by atoms with Crippen molar-refractivity contribution in [3.05, 3.63) is 58.0 Å². The highest BCUT2D eigenvalue weighted by atomic mass is 19.1. The number of nitro groups is 1. The molecule has 21 heavy (non-hydrogen) atoms. The van der Waals surface area contributed by atoms with E-state index in [1.165, 1.54) is 13.3 Å². The fourth-order valence-electron chi connectivity index (χ4n) is 1.57. The van der Waals surface area contributed by atoms with Gasteiger partial charge < -0.3 is 10.1 Å². The van der Waals surface area contributed by atoms with Gasteiger partial charge in [-0.1, -0.05) is 0 Å². The Hall–Kier alpha value is -3.03. The fraction of sp³-hybridized carbons (Fsp3) is 0.0769. The second-order valence-electron chi connectivity index (χ2n) is 3.97. The number of carbonyl (C=O) groups excluding carboxylic acids is 1. The molecule has 2 aromatic rings. The lowest BCUT2D eigenvalue weighted by Crippen LogP contribution is -2.12. The van der Waals surface area contributed by atoms with Crippen molar-refractivity contribution in [1.29, 1.82) is 0 Å². The van der Waals surface area contributed by atoms with Crippen LogP contribution in [0.4, 0.5) is 15.8 Å². The average Bonchev–Trinajstić information content (AvgIpc) is 2.48. The number of amides is 1. The van der Waals surface area contributed by atoms with Crippen molar-refractivity contribution in [2.24, 2.45) is 0 Å². The van der Waals surface area contributed by atoms with E-state index in [4.69, 9.17) is 4.74 Å². The van der Waals surface area contributed by atoms with Crippen LogP contribution in [-0.2, 0) is 0 Å². The Balaban J connectivity index is 2.19. The number of methoxy groups -OCH3 is 1. The van der Waals surface area contributed by atoms with Crippen LogP contribution in [0.3, 0.4) is 0 Å². The Kier molecular flexibility index (Phi) is 4.07. The quantitative estimate of drug-likeness (QED) is 0.689. The standard InChI is InChI=1S/C13H10FN3O4/c1-21-12-5-3-9(7-15-12)16-13(18)8-2-4-10(14)11(6-8)17(19)20/h2-7H,1H3,(H,16,18). The molecule has 2 rings (SSSR count). The SMILES string of the molecule is COc1ccc(NC(=O)c2ccc(F)c([N+](=O)[O-])c2)cn1. The molecule has 108 valence electrons. The number of hydrogen-bond donors (Lipinski definition) is 1. The monoisotopic (exact) mass is 291 g/mol. The maximum absolute atomic E-state index is 13.2. The third-order valence-corrected chi connectivity index (χ3v) is 2.61. The van der Waals surface area contributed by atoms with E-state index < -0.39 is 22.3 Å². The van der Waals surface area contributed by atoms with E-state index >= 15 is 0 Å². The van der Waals surface area contributed by atoms with Gasteiger partial charge in [0.1, 0.15) is 0 Å². The first-order valence-electron chi connectivity index (χ1n) is 5.76. The normalized spacial score (nSPS) is 10.0. The van der Waals surface area contributed by atoms with E-state index in [2.05, 4.69) is 10.3 Å². The van der Waals surface area contributed by atoms with Crippen molar-refractivity contribution in [3.63, 3.8) is 0 Å². The summed E-state index contributed by atoms with van der Waals surface area (Å²) >= 11 is 0. The van der Waals surface area contributed by atoms with E-state index in [9.17, 15) is 19.3 Å². The lowest BCUT2D eigenvalue weighted by atomic mass is 10.2. The van der Waals surface area contributed by atoms with Gasteiger partial charge in [-0.15, -0.1) is 0 Å². The van der Waals surface area contributed by atoms with Crippen LogP contribution in [0.1, 0.15) is 10.4 Å². The minimum atomic E-state index is -0.998. The van der Waals surface area contributed by atoms with Gasteiger partial charge in [0, 0.05) is 17.7 Å². The molecule has 0 bridgehead atoms. The van der Waals surface area contributed by atoms with Crippen LogP contribution in [0.15, 0.2) is 36.5 Å². The van der Waals surface area contributed by atoms with E-state index in [0.29, 0.717) is 11.6 Å². The van der Waals surface area contributed by atoms with Crippen LogP contribution in [0.25, 0.3) is 0 Å². The van der Waals surface area contributed by atoms with Gasteiger partial charge in [0.05, 0.1) is 23.9 Å². The number of nitrogens with one attached hydrogen (secondary N) is 1. The summed E-state index contributed by atoms with van der Waals surface area (Å²) in [7, 11) is 1.46. The van der Waals surface area contributed by atoms with E-state index in [1.807, 2.05) is 0 Å². The highest BCUT2D eigenvalue weighted by Gasteiger charge is 2.17. The highest BCUT2D eigenvalue weighted by Crippen LogP contribution is 2.19. The molecule has 0 aliphatic heterocycles. The molecule has 0 unspecified atom stereocenters. The third-order valence-electron chi connectivity index (χ3n) is 2.61. The number of hydrogen-bond acceptors (Lipinski definition) is 5. The number of nitro benzene ring substituents is 1. The van der Waals surface area contributed by atoms with Crippen molar-refractivity contribution in [2.45, 2.75) is 0 Å². The molecule has 1 N–H and O–H groups in total. The number of nitrogens with zero attached hydrogens (tertiary/aromatic N) is 2. The molecule has 0 radical (unpaired) electrons. The van der Waals surface area contributed by atoms with Gasteiger partial charge >= 0.3 is 5.69 Å². The zero-order valence-corrected chi connectivity index (χ0v) is 10.9. The van der Waals surface area contributed by atoms with Gasteiger partial charge in [-0.3, -0.25) is 14.9 Å². The molecule has 1 amide bonds. The molecule has 0 spiro atoms. The Morgan fingerprint density at radius 1 is 1.38 bits per heavy atom. The first-order valence-corrected chi connectivity index (χ1v) is 5.76. The number of rotatable bonds is 4. The number of benzene rings is 1. The van der Waals surface area contributed by atoms with Gasteiger partial charge in [0.25, 0.3) is 5.91 Å². The van der Waals surface area contributed by atoms with E-state index in [-0.39, 0.29) is 5.56 Å². The summed E-state index contributed by atoms with van der Waals surface area (Å²) in [4.78, 5) is 25.6. The van der Waals surface area contributed by atoms with Crippen LogP contribution in [-0.4, -0.2) is 22.9 Å². The summed E-state index contributed by atoms with van der Waals surface area (Å²) in [6, 6.07) is 6.01. The van der Waals surface area contributed by atoms with Crippen molar-refractivity contribution in [3.8, 4) is 5.88 Å². The second-order valence-corrected chi connectivity index (χ2v) is 3.97. The van der Waals surface area contributed by atoms with Crippen LogP contribution in [0, 0.1) is 15.9 Å². The van der Waals surface area contributed by atoms with Crippen LogP contribution in [0.2, 0.25) is 0 Å². The minimum Gasteiger partial charge on any atom is -0.481 e. The minimum absolute atomic E-state index is 0.0288. The molecule has 7 nitrogen and oxygen atoms in total. The molecule has 1 aromatic heterocycles. The average molecular weight is 291 g/mol. The summed E-state index contributed by atoms with van der Waals surface area (Å²) < 4.78 is 18.1. The molecular formula is C13H10FN3O4. The number of ether oxygens (including phenoxy) is 1. The number of carbonyl (C=O) groups is 1. The number of halogens is 1. The molecule has 0 aliphatic carbocycles. The topological polar surface area (TPSA) is 94.4 Å². The summed E-state index contributed by atoms with van der Waals surface area (Å²) in [5.41, 5.74) is -0.401. The maximum Gasteiger partial charge on any atom is 0.305 e. The Bertz CT molecular complexity index is 688. The largest absolute Gasteiger partial charge is 0.481 e. The molecule has 8 heteroatoms. The molecule has 1 heterocycles. The first-order chi connectivity index (χ1) is 10.0. The molecule has 0 aliphatic rings. The lowest BCUT2D eigenvalue weighted by Gasteiger charge is -2.06. The molecule has 1 aromatic carbocycles. The van der Waals surface area contributed by atoms with Crippen LogP contribution < -0.4 is 10.1 Å². The summed E-state index contributed by atoms with van der Waals surface area (Å²) in [6.07, 6.45) is 1.37. The predicted molar refractivity (Wildman–Crippen MR) is 71.8 cm³/mol. The van der Waals surface area contributed by atoms with Gasteiger partial charge in [-0.05, 0) is 18.2 Å². The van der Waals surface area contributed by atoms with Gasteiger partial charge in [-0.2, -0.15) is 4.39 Å². The molecule has 0 atom stereocenters. The predicted octanol–water partition coefficient (Wildman–Crippen LogP) is 2.39. The molecule has 0 fully saturated rings. The number of aromatic nitrogens is 1. The zero-order chi connectivity index (χ0) is 15.4. The summed E-state index contributed by atoms with van der Waals surface area (Å²) in [5.74, 6) is -1.22. The smallest absolute Gasteiger partial charge is 0.305 e. The molecule has 0 saturated heterocycles. The molecular weight excluding hydrogens is 281 g/mol. The van der Waals surface area contributed by atoms with Crippen molar-refractivity contribution in [2.75, 3.05) is 12.4 Å². The van der Waals surface area contributed by atoms with Gasteiger partial charge in [-0.25, -0.2) is 4.98 Å². The van der Waals surface area contributed by atoms with Gasteiger partial charge in [0.15, 0.2) is 0 Å². The second kappa shape index (κ2) is 5.95.